The van der Waals surface area contributed by atoms with Gasteiger partial charge in [0.1, 0.15) is 6.61 Å². The Morgan fingerprint density at radius 3 is 2.60 bits per heavy atom. The summed E-state index contributed by atoms with van der Waals surface area (Å²) in [5, 5.41) is 7.14. The maximum absolute atomic E-state index is 12.6. The van der Waals surface area contributed by atoms with Crippen LogP contribution < -0.4 is 10.6 Å². The average molecular weight is 426 g/mol. The van der Waals surface area contributed by atoms with Crippen molar-refractivity contribution in [2.75, 3.05) is 13.2 Å². The molecule has 1 aliphatic rings. The Hall–Kier alpha value is -3.39. The summed E-state index contributed by atoms with van der Waals surface area (Å²) in [6, 6.07) is 10.1. The lowest BCUT2D eigenvalue weighted by atomic mass is 10.0. The summed E-state index contributed by atoms with van der Waals surface area (Å²) >= 11 is 1.40. The number of urea groups is 1. The van der Waals surface area contributed by atoms with E-state index in [-0.39, 0.29) is 24.5 Å². The molecule has 0 saturated carbocycles. The van der Waals surface area contributed by atoms with Gasteiger partial charge in [0.2, 0.25) is 0 Å². The molecule has 2 N–H and O–H groups in total. The minimum atomic E-state index is -0.672. The van der Waals surface area contributed by atoms with Crippen molar-refractivity contribution in [1.82, 2.24) is 10.6 Å². The second-order valence-electron chi connectivity index (χ2n) is 6.51. The lowest BCUT2D eigenvalue weighted by Gasteiger charge is -2.28. The zero-order valence-corrected chi connectivity index (χ0v) is 17.5. The highest BCUT2D eigenvalue weighted by Gasteiger charge is 2.34. The minimum absolute atomic E-state index is 0.180. The highest BCUT2D eigenvalue weighted by Crippen LogP contribution is 2.30. The van der Waals surface area contributed by atoms with Crippen molar-refractivity contribution in [3.63, 3.8) is 0 Å². The summed E-state index contributed by atoms with van der Waals surface area (Å²) in [5.41, 5.74) is 2.40. The number of hydrogen-bond donors (Lipinski definition) is 2. The number of hydrogen-bond acceptors (Lipinski definition) is 6. The van der Waals surface area contributed by atoms with Crippen molar-refractivity contribution in [3.8, 4) is 0 Å². The van der Waals surface area contributed by atoms with Crippen LogP contribution in [-0.4, -0.2) is 31.2 Å². The molecule has 2 amide bonds. The van der Waals surface area contributed by atoms with Crippen LogP contribution in [0.4, 0.5) is 4.79 Å². The first kappa shape index (κ1) is 21.3. The molecule has 1 aliphatic heterocycles. The molecule has 8 heteroatoms. The highest BCUT2D eigenvalue weighted by atomic mass is 32.1. The number of esters is 2. The molecular formula is C22H22N2O5S. The molecule has 156 valence electrons. The highest BCUT2D eigenvalue weighted by molar-refractivity contribution is 7.10. The Labute approximate surface area is 178 Å². The zero-order valence-electron chi connectivity index (χ0n) is 16.6. The molecule has 0 radical (unpaired) electrons. The van der Waals surface area contributed by atoms with Gasteiger partial charge in [-0.05, 0) is 36.9 Å². The van der Waals surface area contributed by atoms with Gasteiger partial charge in [-0.2, -0.15) is 0 Å². The number of aryl methyl sites for hydroxylation is 1. The smallest absolute Gasteiger partial charge is 0.338 e. The van der Waals surface area contributed by atoms with E-state index in [4.69, 9.17) is 9.47 Å². The molecule has 0 fully saturated rings. The molecule has 3 rings (SSSR count). The van der Waals surface area contributed by atoms with E-state index in [1.165, 1.54) is 17.4 Å². The molecule has 2 heterocycles. The first-order valence-electron chi connectivity index (χ1n) is 9.40. The van der Waals surface area contributed by atoms with Gasteiger partial charge in [-0.1, -0.05) is 35.9 Å². The fourth-order valence-corrected chi connectivity index (χ4v) is 3.67. The predicted molar refractivity (Wildman–Crippen MR) is 114 cm³/mol. The third-order valence-electron chi connectivity index (χ3n) is 4.32. The first-order chi connectivity index (χ1) is 14.5. The minimum Gasteiger partial charge on any atom is -0.463 e. The Morgan fingerprint density at radius 2 is 1.93 bits per heavy atom. The number of benzene rings is 1. The first-order valence-corrected chi connectivity index (χ1v) is 10.3. The molecular weight excluding hydrogens is 404 g/mol. The summed E-state index contributed by atoms with van der Waals surface area (Å²) < 4.78 is 10.4. The fourth-order valence-electron chi connectivity index (χ4n) is 2.88. The van der Waals surface area contributed by atoms with Crippen molar-refractivity contribution in [2.45, 2.75) is 19.9 Å². The van der Waals surface area contributed by atoms with Crippen LogP contribution in [0, 0.1) is 6.92 Å². The maximum atomic E-state index is 12.6. The van der Waals surface area contributed by atoms with Crippen molar-refractivity contribution < 1.29 is 23.9 Å². The number of rotatable bonds is 7. The zero-order chi connectivity index (χ0) is 21.5. The van der Waals surface area contributed by atoms with Crippen molar-refractivity contribution in [1.29, 1.82) is 0 Å². The van der Waals surface area contributed by atoms with Gasteiger partial charge in [0, 0.05) is 11.0 Å². The number of thiophene rings is 1. The monoisotopic (exact) mass is 426 g/mol. The van der Waals surface area contributed by atoms with Crippen LogP contribution in [-0.2, 0) is 19.1 Å². The quantitative estimate of drug-likeness (QED) is 0.522. The number of nitrogens with one attached hydrogen (secondary N) is 2. The third-order valence-corrected chi connectivity index (χ3v) is 5.26. The Morgan fingerprint density at radius 1 is 1.17 bits per heavy atom. The largest absolute Gasteiger partial charge is 0.463 e. The van der Waals surface area contributed by atoms with Crippen molar-refractivity contribution in [2.24, 2.45) is 0 Å². The lowest BCUT2D eigenvalue weighted by Crippen LogP contribution is -2.46. The summed E-state index contributed by atoms with van der Waals surface area (Å²) in [6.07, 6.45) is 2.94. The van der Waals surface area contributed by atoms with Crippen molar-refractivity contribution in [3.05, 3.63) is 75.1 Å². The average Bonchev–Trinajstić information content (AvgIpc) is 3.26. The molecule has 30 heavy (non-hydrogen) atoms. The number of ether oxygens (including phenoxy) is 2. The molecule has 1 atom stereocenters. The molecule has 7 nitrogen and oxygen atoms in total. The van der Waals surface area contributed by atoms with Gasteiger partial charge in [0.15, 0.2) is 0 Å². The second kappa shape index (κ2) is 9.89. The van der Waals surface area contributed by atoms with E-state index >= 15 is 0 Å². The molecule has 0 saturated heterocycles. The SMILES string of the molecule is CCOC(=O)C1=C(COC(=O)/C=C\c2ccc(C)cc2)NC(=O)N[C@@H]1c1cccs1. The standard InChI is InChI=1S/C22H22N2O5S/c1-3-28-21(26)19-16(23-22(27)24-20(19)17-5-4-12-30-17)13-29-18(25)11-10-15-8-6-14(2)7-9-15/h4-12,20H,3,13H2,1-2H3,(H2,23,24,27)/b11-10-/t20-/m1/s1. The van der Waals surface area contributed by atoms with E-state index in [0.717, 1.165) is 16.0 Å². The van der Waals surface area contributed by atoms with Crippen LogP contribution in [0.1, 0.15) is 29.0 Å². The van der Waals surface area contributed by atoms with Crippen LogP contribution >= 0.6 is 11.3 Å². The van der Waals surface area contributed by atoms with E-state index in [9.17, 15) is 14.4 Å². The van der Waals surface area contributed by atoms with Crippen molar-refractivity contribution >= 4 is 35.4 Å². The van der Waals surface area contributed by atoms with Crippen LogP contribution in [0.2, 0.25) is 0 Å². The van der Waals surface area contributed by atoms with Gasteiger partial charge in [0.05, 0.1) is 23.9 Å². The number of amides is 2. The normalized spacial score (nSPS) is 16.2. The summed E-state index contributed by atoms with van der Waals surface area (Å²) in [4.78, 5) is 37.6. The fraction of sp³-hybridized carbons (Fsp3) is 0.227. The molecule has 1 aromatic carbocycles. The van der Waals surface area contributed by atoms with E-state index in [0.29, 0.717) is 0 Å². The summed E-state index contributed by atoms with van der Waals surface area (Å²) in [6.45, 7) is 3.59. The maximum Gasteiger partial charge on any atom is 0.338 e. The van der Waals surface area contributed by atoms with Crippen LogP contribution in [0.3, 0.4) is 0 Å². The molecule has 0 bridgehead atoms. The van der Waals surface area contributed by atoms with Crippen LogP contribution in [0.5, 0.6) is 0 Å². The van der Waals surface area contributed by atoms with E-state index in [1.807, 2.05) is 48.7 Å². The molecule has 0 spiro atoms. The Kier molecular flexibility index (Phi) is 7.03. The van der Waals surface area contributed by atoms with E-state index in [2.05, 4.69) is 10.6 Å². The number of carbonyl (C=O) groups excluding carboxylic acids is 3. The van der Waals surface area contributed by atoms with Crippen LogP contribution in [0.25, 0.3) is 6.08 Å². The van der Waals surface area contributed by atoms with Gasteiger partial charge in [-0.25, -0.2) is 14.4 Å². The Bertz CT molecular complexity index is 977. The summed E-state index contributed by atoms with van der Waals surface area (Å²) in [5.74, 6) is -1.17. The molecule has 0 unspecified atom stereocenters. The topological polar surface area (TPSA) is 93.7 Å². The van der Waals surface area contributed by atoms with Gasteiger partial charge in [0.25, 0.3) is 0 Å². The molecule has 0 aliphatic carbocycles. The van der Waals surface area contributed by atoms with E-state index < -0.39 is 24.0 Å². The second-order valence-corrected chi connectivity index (χ2v) is 7.49. The molecule has 1 aromatic heterocycles. The van der Waals surface area contributed by atoms with Gasteiger partial charge in [-0.15, -0.1) is 11.3 Å². The van der Waals surface area contributed by atoms with Gasteiger partial charge < -0.3 is 20.1 Å². The van der Waals surface area contributed by atoms with Gasteiger partial charge >= 0.3 is 18.0 Å². The van der Waals surface area contributed by atoms with E-state index in [1.54, 1.807) is 13.0 Å². The van der Waals surface area contributed by atoms with Crippen LogP contribution in [0.15, 0.2) is 59.1 Å². The predicted octanol–water partition coefficient (Wildman–Crippen LogP) is 3.48. The number of carbonyl (C=O) groups is 3. The van der Waals surface area contributed by atoms with Gasteiger partial charge in [-0.3, -0.25) is 0 Å². The summed E-state index contributed by atoms with van der Waals surface area (Å²) in [7, 11) is 0. The Balaban J connectivity index is 1.78. The molecule has 2 aromatic rings. The third kappa shape index (κ3) is 5.36. The lowest BCUT2D eigenvalue weighted by molar-refractivity contribution is -0.140.